The smallest absolute Gasteiger partial charge is 0.257 e. The molecule has 1 aliphatic heterocycles. The second kappa shape index (κ2) is 4.64. The van der Waals surface area contributed by atoms with Crippen LogP contribution in [0.2, 0.25) is 0 Å². The highest BCUT2D eigenvalue weighted by Gasteiger charge is 2.40. The van der Waals surface area contributed by atoms with E-state index in [4.69, 9.17) is 0 Å². The monoisotopic (exact) mass is 243 g/mol. The second-order valence-corrected chi connectivity index (χ2v) is 4.69. The van der Waals surface area contributed by atoms with Crippen molar-refractivity contribution in [1.82, 2.24) is 4.90 Å². The van der Waals surface area contributed by atoms with E-state index in [0.717, 1.165) is 5.69 Å². The number of rotatable bonds is 3. The summed E-state index contributed by atoms with van der Waals surface area (Å²) in [4.78, 5) is 18.2. The number of carbonyl (C=O) groups is 1. The molecule has 0 saturated heterocycles. The van der Waals surface area contributed by atoms with Crippen LogP contribution in [0, 0.1) is 0 Å². The minimum Gasteiger partial charge on any atom is -0.326 e. The third-order valence-electron chi connectivity index (χ3n) is 2.75. The van der Waals surface area contributed by atoms with Gasteiger partial charge in [-0.2, -0.15) is 0 Å². The molecule has 1 N–H and O–H groups in total. The van der Waals surface area contributed by atoms with E-state index in [1.807, 2.05) is 44.2 Å². The normalized spacial score (nSPS) is 17.6. The maximum atomic E-state index is 12.1. The minimum atomic E-state index is -0.708. The summed E-state index contributed by atoms with van der Waals surface area (Å²) >= 11 is 0. The molecule has 1 aliphatic rings. The third-order valence-corrected chi connectivity index (χ3v) is 2.75. The standard InChI is InChI=1S/C14H17N3O/c1-4-10-17-12(18)14(2,3)16-13(17)15-11-8-6-5-7-9-11/h4-9H,1,10H2,2-3H3,(H,15,16). The zero-order valence-corrected chi connectivity index (χ0v) is 10.7. The Bertz CT molecular complexity index is 491. The van der Waals surface area contributed by atoms with Crippen molar-refractivity contribution < 1.29 is 4.79 Å². The third kappa shape index (κ3) is 2.27. The van der Waals surface area contributed by atoms with Crippen LogP contribution >= 0.6 is 0 Å². The average molecular weight is 243 g/mol. The van der Waals surface area contributed by atoms with Crippen LogP contribution in [0.25, 0.3) is 0 Å². The van der Waals surface area contributed by atoms with Crippen LogP contribution in [-0.2, 0) is 4.79 Å². The van der Waals surface area contributed by atoms with Gasteiger partial charge < -0.3 is 5.32 Å². The van der Waals surface area contributed by atoms with Crippen molar-refractivity contribution in [1.29, 1.82) is 0 Å². The molecule has 1 amide bonds. The molecule has 0 aliphatic carbocycles. The maximum absolute atomic E-state index is 12.1. The first-order chi connectivity index (χ1) is 8.54. The molecule has 4 nitrogen and oxygen atoms in total. The topological polar surface area (TPSA) is 44.7 Å². The molecule has 0 saturated carbocycles. The zero-order valence-electron chi connectivity index (χ0n) is 10.7. The highest BCUT2D eigenvalue weighted by atomic mass is 16.2. The van der Waals surface area contributed by atoms with E-state index < -0.39 is 5.54 Å². The van der Waals surface area contributed by atoms with Gasteiger partial charge in [0.25, 0.3) is 5.91 Å². The van der Waals surface area contributed by atoms with Crippen LogP contribution in [-0.4, -0.2) is 28.9 Å². The number of anilines is 1. The number of hydrogen-bond donors (Lipinski definition) is 1. The number of amides is 1. The molecule has 1 aromatic carbocycles. The van der Waals surface area contributed by atoms with Gasteiger partial charge in [-0.3, -0.25) is 9.69 Å². The Morgan fingerprint density at radius 3 is 2.67 bits per heavy atom. The lowest BCUT2D eigenvalue weighted by Gasteiger charge is -2.19. The van der Waals surface area contributed by atoms with E-state index in [1.165, 1.54) is 0 Å². The van der Waals surface area contributed by atoms with Crippen LogP contribution in [0.1, 0.15) is 13.8 Å². The predicted octanol–water partition coefficient (Wildman–Crippen LogP) is 2.26. The molecule has 0 spiro atoms. The first-order valence-corrected chi connectivity index (χ1v) is 5.89. The van der Waals surface area contributed by atoms with Gasteiger partial charge in [-0.1, -0.05) is 24.3 Å². The van der Waals surface area contributed by atoms with Gasteiger partial charge in [-0.25, -0.2) is 4.99 Å². The molecule has 0 atom stereocenters. The van der Waals surface area contributed by atoms with Crippen LogP contribution in [0.15, 0.2) is 48.0 Å². The highest BCUT2D eigenvalue weighted by molar-refractivity contribution is 6.12. The van der Waals surface area contributed by atoms with Gasteiger partial charge >= 0.3 is 0 Å². The SMILES string of the molecule is C=CCN1C(=O)C(C)(C)N=C1Nc1ccccc1. The van der Waals surface area contributed by atoms with Gasteiger partial charge in [0, 0.05) is 12.2 Å². The van der Waals surface area contributed by atoms with Crippen LogP contribution in [0.3, 0.4) is 0 Å². The van der Waals surface area contributed by atoms with E-state index in [-0.39, 0.29) is 5.91 Å². The van der Waals surface area contributed by atoms with Crippen LogP contribution in [0.4, 0.5) is 5.69 Å². The molecule has 1 aromatic rings. The number of hydrogen-bond acceptors (Lipinski definition) is 3. The number of para-hydroxylation sites is 1. The van der Waals surface area contributed by atoms with Gasteiger partial charge in [0.2, 0.25) is 5.96 Å². The molecule has 0 bridgehead atoms. The first kappa shape index (κ1) is 12.4. The maximum Gasteiger partial charge on any atom is 0.257 e. The number of aliphatic imine (C=N–C) groups is 1. The van der Waals surface area contributed by atoms with Crippen molar-refractivity contribution >= 4 is 17.6 Å². The predicted molar refractivity (Wildman–Crippen MR) is 73.5 cm³/mol. The summed E-state index contributed by atoms with van der Waals surface area (Å²) in [5.74, 6) is 0.567. The zero-order chi connectivity index (χ0) is 13.2. The summed E-state index contributed by atoms with van der Waals surface area (Å²) in [5, 5.41) is 3.17. The van der Waals surface area contributed by atoms with Gasteiger partial charge in [0.15, 0.2) is 0 Å². The van der Waals surface area contributed by atoms with Crippen molar-refractivity contribution in [2.24, 2.45) is 4.99 Å². The molecule has 0 aromatic heterocycles. The van der Waals surface area contributed by atoms with Gasteiger partial charge in [-0.15, -0.1) is 6.58 Å². The molecule has 2 rings (SSSR count). The average Bonchev–Trinajstić information content (AvgIpc) is 2.54. The Hall–Kier alpha value is -2.10. The number of carbonyl (C=O) groups excluding carboxylic acids is 1. The molecule has 0 radical (unpaired) electrons. The van der Waals surface area contributed by atoms with Crippen molar-refractivity contribution in [3.8, 4) is 0 Å². The van der Waals surface area contributed by atoms with E-state index in [9.17, 15) is 4.79 Å². The fourth-order valence-corrected chi connectivity index (χ4v) is 1.84. The lowest BCUT2D eigenvalue weighted by molar-refractivity contribution is -0.129. The highest BCUT2D eigenvalue weighted by Crippen LogP contribution is 2.22. The Labute approximate surface area is 107 Å². The summed E-state index contributed by atoms with van der Waals surface area (Å²) in [6, 6.07) is 9.68. The van der Waals surface area contributed by atoms with Crippen LogP contribution < -0.4 is 5.32 Å². The summed E-state index contributed by atoms with van der Waals surface area (Å²) in [6.07, 6.45) is 1.70. The summed E-state index contributed by atoms with van der Waals surface area (Å²) < 4.78 is 0. The number of guanidine groups is 1. The number of nitrogens with one attached hydrogen (secondary N) is 1. The lowest BCUT2D eigenvalue weighted by atomic mass is 10.1. The molecule has 18 heavy (non-hydrogen) atoms. The lowest BCUT2D eigenvalue weighted by Crippen LogP contribution is -2.41. The van der Waals surface area contributed by atoms with Crippen molar-refractivity contribution in [2.45, 2.75) is 19.4 Å². The Morgan fingerprint density at radius 1 is 1.39 bits per heavy atom. The minimum absolute atomic E-state index is 0.0131. The van der Waals surface area contributed by atoms with Crippen molar-refractivity contribution in [2.75, 3.05) is 11.9 Å². The van der Waals surface area contributed by atoms with Crippen molar-refractivity contribution in [3.05, 3.63) is 43.0 Å². The Morgan fingerprint density at radius 2 is 2.06 bits per heavy atom. The Balaban J connectivity index is 2.24. The molecular weight excluding hydrogens is 226 g/mol. The Kier molecular flexibility index (Phi) is 3.19. The van der Waals surface area contributed by atoms with E-state index >= 15 is 0 Å². The van der Waals surface area contributed by atoms with Crippen LogP contribution in [0.5, 0.6) is 0 Å². The largest absolute Gasteiger partial charge is 0.326 e. The number of benzene rings is 1. The fraction of sp³-hybridized carbons (Fsp3) is 0.286. The summed E-state index contributed by atoms with van der Waals surface area (Å²) in [6.45, 7) is 7.75. The van der Waals surface area contributed by atoms with Gasteiger partial charge in [0.1, 0.15) is 5.54 Å². The van der Waals surface area contributed by atoms with Gasteiger partial charge in [0.05, 0.1) is 0 Å². The molecular formula is C14H17N3O. The summed E-state index contributed by atoms with van der Waals surface area (Å²) in [5.41, 5.74) is 0.205. The summed E-state index contributed by atoms with van der Waals surface area (Å²) in [7, 11) is 0. The van der Waals surface area contributed by atoms with E-state index in [2.05, 4.69) is 16.9 Å². The molecule has 94 valence electrons. The molecule has 0 fully saturated rings. The van der Waals surface area contributed by atoms with Crippen molar-refractivity contribution in [3.63, 3.8) is 0 Å². The second-order valence-electron chi connectivity index (χ2n) is 4.69. The molecule has 4 heteroatoms. The van der Waals surface area contributed by atoms with E-state index in [0.29, 0.717) is 12.5 Å². The molecule has 1 heterocycles. The quantitative estimate of drug-likeness (QED) is 0.828. The number of nitrogens with zero attached hydrogens (tertiary/aromatic N) is 2. The van der Waals surface area contributed by atoms with E-state index in [1.54, 1.807) is 11.0 Å². The molecule has 0 unspecified atom stereocenters. The van der Waals surface area contributed by atoms with Gasteiger partial charge in [-0.05, 0) is 26.0 Å². The fourth-order valence-electron chi connectivity index (χ4n) is 1.84. The first-order valence-electron chi connectivity index (χ1n) is 5.89.